The van der Waals surface area contributed by atoms with Crippen molar-refractivity contribution in [2.24, 2.45) is 5.73 Å². The average molecular weight is 315 g/mol. The van der Waals surface area contributed by atoms with Crippen molar-refractivity contribution < 1.29 is 0 Å². The fourth-order valence-corrected chi connectivity index (χ4v) is 2.63. The summed E-state index contributed by atoms with van der Waals surface area (Å²) in [5.41, 5.74) is 9.14. The second kappa shape index (κ2) is 6.15. The van der Waals surface area contributed by atoms with E-state index < -0.39 is 0 Å². The normalized spacial score (nSPS) is 12.5. The zero-order valence-corrected chi connectivity index (χ0v) is 12.7. The van der Waals surface area contributed by atoms with Crippen LogP contribution in [0.15, 0.2) is 36.4 Å². The van der Waals surface area contributed by atoms with Crippen molar-refractivity contribution in [2.75, 3.05) is 0 Å². The Bertz CT molecular complexity index is 576. The molecule has 0 spiro atoms. The van der Waals surface area contributed by atoms with Crippen LogP contribution in [0.4, 0.5) is 0 Å². The molecular weight excluding hydrogens is 301 g/mol. The minimum atomic E-state index is -0.159. The molecular formula is C15H14Cl3N. The number of aryl methyl sites for hydroxylation is 1. The largest absolute Gasteiger partial charge is 0.324 e. The number of halogens is 3. The lowest BCUT2D eigenvalue weighted by Crippen LogP contribution is -2.14. The highest BCUT2D eigenvalue weighted by molar-refractivity contribution is 6.36. The summed E-state index contributed by atoms with van der Waals surface area (Å²) in [6.45, 7) is 1.96. The van der Waals surface area contributed by atoms with Crippen LogP contribution in [0.5, 0.6) is 0 Å². The molecule has 100 valence electrons. The lowest BCUT2D eigenvalue weighted by atomic mass is 9.98. The second-order valence-corrected chi connectivity index (χ2v) is 5.74. The number of nitrogens with two attached hydrogens (primary N) is 1. The molecule has 2 aromatic rings. The molecule has 1 nitrogen and oxygen atoms in total. The summed E-state index contributed by atoms with van der Waals surface area (Å²) in [5, 5.41) is 2.04. The van der Waals surface area contributed by atoms with E-state index in [9.17, 15) is 0 Å². The van der Waals surface area contributed by atoms with Gasteiger partial charge in [0.2, 0.25) is 0 Å². The van der Waals surface area contributed by atoms with Crippen LogP contribution in [0.3, 0.4) is 0 Å². The molecule has 2 aromatic carbocycles. The minimum Gasteiger partial charge on any atom is -0.324 e. The van der Waals surface area contributed by atoms with Gasteiger partial charge in [-0.3, -0.25) is 0 Å². The molecule has 4 heteroatoms. The summed E-state index contributed by atoms with van der Waals surface area (Å²) >= 11 is 18.3. The van der Waals surface area contributed by atoms with E-state index in [1.54, 1.807) is 0 Å². The van der Waals surface area contributed by atoms with E-state index in [1.165, 1.54) is 0 Å². The summed E-state index contributed by atoms with van der Waals surface area (Å²) in [6.07, 6.45) is 0.597. The lowest BCUT2D eigenvalue weighted by molar-refractivity contribution is 0.721. The molecule has 0 aromatic heterocycles. The SMILES string of the molecule is Cc1cc(C(N)Cc2c(Cl)cccc2Cl)ccc1Cl. The van der Waals surface area contributed by atoms with Crippen molar-refractivity contribution in [2.45, 2.75) is 19.4 Å². The van der Waals surface area contributed by atoms with Gasteiger partial charge in [0.1, 0.15) is 0 Å². The van der Waals surface area contributed by atoms with Crippen molar-refractivity contribution in [3.8, 4) is 0 Å². The second-order valence-electron chi connectivity index (χ2n) is 4.52. The standard InChI is InChI=1S/C15H14Cl3N/c1-9-7-10(5-6-12(9)16)15(19)8-11-13(17)3-2-4-14(11)18/h2-7,15H,8,19H2,1H3. The van der Waals surface area contributed by atoms with Gasteiger partial charge in [0.05, 0.1) is 0 Å². The number of rotatable bonds is 3. The fraction of sp³-hybridized carbons (Fsp3) is 0.200. The summed E-state index contributed by atoms with van der Waals surface area (Å²) < 4.78 is 0. The van der Waals surface area contributed by atoms with Crippen LogP contribution in [0.2, 0.25) is 15.1 Å². The molecule has 0 heterocycles. The van der Waals surface area contributed by atoms with Crippen molar-refractivity contribution in [3.05, 3.63) is 68.2 Å². The predicted octanol–water partition coefficient (Wildman–Crippen LogP) is 5.20. The predicted molar refractivity (Wildman–Crippen MR) is 83.3 cm³/mol. The van der Waals surface area contributed by atoms with E-state index in [4.69, 9.17) is 40.5 Å². The van der Waals surface area contributed by atoms with Gasteiger partial charge >= 0.3 is 0 Å². The van der Waals surface area contributed by atoms with E-state index in [0.717, 1.165) is 21.7 Å². The number of hydrogen-bond acceptors (Lipinski definition) is 1. The first kappa shape index (κ1) is 14.7. The first-order valence-electron chi connectivity index (χ1n) is 5.93. The molecule has 0 radical (unpaired) electrons. The lowest BCUT2D eigenvalue weighted by Gasteiger charge is -2.15. The Morgan fingerprint density at radius 1 is 1.00 bits per heavy atom. The Kier molecular flexibility index (Phi) is 4.75. The van der Waals surface area contributed by atoms with Crippen LogP contribution >= 0.6 is 34.8 Å². The molecule has 1 atom stereocenters. The van der Waals surface area contributed by atoms with Crippen molar-refractivity contribution in [3.63, 3.8) is 0 Å². The number of hydrogen-bond donors (Lipinski definition) is 1. The van der Waals surface area contributed by atoms with Crippen LogP contribution in [0, 0.1) is 6.92 Å². The molecule has 0 saturated carbocycles. The molecule has 1 unspecified atom stereocenters. The molecule has 0 saturated heterocycles. The summed E-state index contributed by atoms with van der Waals surface area (Å²) in [5.74, 6) is 0. The van der Waals surface area contributed by atoms with Crippen molar-refractivity contribution >= 4 is 34.8 Å². The van der Waals surface area contributed by atoms with Crippen molar-refractivity contribution in [1.29, 1.82) is 0 Å². The maximum absolute atomic E-state index is 6.22. The van der Waals surface area contributed by atoms with Crippen molar-refractivity contribution in [1.82, 2.24) is 0 Å². The van der Waals surface area contributed by atoms with Gasteiger partial charge in [-0.1, -0.05) is 53.0 Å². The molecule has 0 fully saturated rings. The van der Waals surface area contributed by atoms with Gasteiger partial charge in [-0.2, -0.15) is 0 Å². The monoisotopic (exact) mass is 313 g/mol. The van der Waals surface area contributed by atoms with E-state index in [0.29, 0.717) is 16.5 Å². The summed E-state index contributed by atoms with van der Waals surface area (Å²) in [7, 11) is 0. The van der Waals surface area contributed by atoms with E-state index >= 15 is 0 Å². The Morgan fingerprint density at radius 2 is 1.63 bits per heavy atom. The first-order valence-corrected chi connectivity index (χ1v) is 7.07. The summed E-state index contributed by atoms with van der Waals surface area (Å²) in [6, 6.07) is 11.1. The topological polar surface area (TPSA) is 26.0 Å². The third kappa shape index (κ3) is 3.43. The molecule has 2 rings (SSSR count). The molecule has 19 heavy (non-hydrogen) atoms. The number of benzene rings is 2. The van der Waals surface area contributed by atoms with Gasteiger partial charge in [0.25, 0.3) is 0 Å². The molecule has 0 aliphatic heterocycles. The van der Waals surface area contributed by atoms with Gasteiger partial charge in [-0.25, -0.2) is 0 Å². The van der Waals surface area contributed by atoms with Crippen LogP contribution in [-0.2, 0) is 6.42 Å². The minimum absolute atomic E-state index is 0.159. The maximum atomic E-state index is 6.22. The fourth-order valence-electron chi connectivity index (χ4n) is 1.96. The van der Waals surface area contributed by atoms with Crippen LogP contribution in [0.1, 0.15) is 22.7 Å². The van der Waals surface area contributed by atoms with Gasteiger partial charge in [-0.15, -0.1) is 0 Å². The highest BCUT2D eigenvalue weighted by Gasteiger charge is 2.13. The Labute approximate surface area is 128 Å². The van der Waals surface area contributed by atoms with Gasteiger partial charge in [0, 0.05) is 21.1 Å². The molecule has 0 bridgehead atoms. The molecule has 0 amide bonds. The highest BCUT2D eigenvalue weighted by Crippen LogP contribution is 2.29. The Morgan fingerprint density at radius 3 is 2.21 bits per heavy atom. The van der Waals surface area contributed by atoms with E-state index in [2.05, 4.69) is 0 Å². The molecule has 0 aliphatic carbocycles. The first-order chi connectivity index (χ1) is 8.99. The Hall–Kier alpha value is -0.730. The van der Waals surface area contributed by atoms with Gasteiger partial charge in [0.15, 0.2) is 0 Å². The third-order valence-corrected chi connectivity index (χ3v) is 4.23. The van der Waals surface area contributed by atoms with Gasteiger partial charge < -0.3 is 5.73 Å². The van der Waals surface area contributed by atoms with Gasteiger partial charge in [-0.05, 0) is 48.2 Å². The zero-order valence-electron chi connectivity index (χ0n) is 10.5. The highest BCUT2D eigenvalue weighted by atomic mass is 35.5. The average Bonchev–Trinajstić information content (AvgIpc) is 2.37. The Balaban J connectivity index is 2.25. The molecule has 0 aliphatic rings. The van der Waals surface area contributed by atoms with Crippen LogP contribution in [0.25, 0.3) is 0 Å². The smallest absolute Gasteiger partial charge is 0.0453 e. The third-order valence-electron chi connectivity index (χ3n) is 3.10. The maximum Gasteiger partial charge on any atom is 0.0453 e. The quantitative estimate of drug-likeness (QED) is 0.828. The van der Waals surface area contributed by atoms with E-state index in [-0.39, 0.29) is 6.04 Å². The molecule has 2 N–H and O–H groups in total. The zero-order chi connectivity index (χ0) is 14.0. The van der Waals surface area contributed by atoms with Crippen LogP contribution < -0.4 is 5.73 Å². The van der Waals surface area contributed by atoms with E-state index in [1.807, 2.05) is 43.3 Å². The summed E-state index contributed by atoms with van der Waals surface area (Å²) in [4.78, 5) is 0. The van der Waals surface area contributed by atoms with Crippen LogP contribution in [-0.4, -0.2) is 0 Å².